The van der Waals surface area contributed by atoms with Crippen LogP contribution in [0.5, 0.6) is 0 Å². The summed E-state index contributed by atoms with van der Waals surface area (Å²) in [6.07, 6.45) is 2.88. The van der Waals surface area contributed by atoms with Crippen LogP contribution < -0.4 is 10.5 Å². The van der Waals surface area contributed by atoms with Gasteiger partial charge in [0.1, 0.15) is 0 Å². The molecule has 1 fully saturated rings. The lowest BCUT2D eigenvalue weighted by atomic mass is 9.79. The van der Waals surface area contributed by atoms with Crippen LogP contribution in [0.2, 0.25) is 0 Å². The molecule has 21 heavy (non-hydrogen) atoms. The second kappa shape index (κ2) is 5.97. The number of rotatable bonds is 3. The van der Waals surface area contributed by atoms with E-state index >= 15 is 0 Å². The second-order valence-electron chi connectivity index (χ2n) is 6.55. The van der Waals surface area contributed by atoms with Gasteiger partial charge in [0.15, 0.2) is 0 Å². The van der Waals surface area contributed by atoms with Crippen molar-refractivity contribution >= 4 is 15.7 Å². The molecule has 1 aliphatic rings. The van der Waals surface area contributed by atoms with Crippen molar-refractivity contribution in [3.63, 3.8) is 0 Å². The van der Waals surface area contributed by atoms with E-state index in [2.05, 4.69) is 18.6 Å². The molecule has 0 saturated heterocycles. The summed E-state index contributed by atoms with van der Waals surface area (Å²) in [6, 6.07) is 3.39. The fourth-order valence-corrected chi connectivity index (χ4v) is 4.71. The van der Waals surface area contributed by atoms with E-state index in [9.17, 15) is 8.42 Å². The van der Waals surface area contributed by atoms with Crippen LogP contribution in [0.1, 0.15) is 44.2 Å². The molecule has 0 heterocycles. The molecule has 0 aromatic heterocycles. The zero-order valence-corrected chi connectivity index (χ0v) is 14.1. The summed E-state index contributed by atoms with van der Waals surface area (Å²) in [5.41, 5.74) is 7.97. The Bertz CT molecular complexity index is 625. The van der Waals surface area contributed by atoms with Gasteiger partial charge in [-0.25, -0.2) is 13.1 Å². The quantitative estimate of drug-likeness (QED) is 0.843. The number of aryl methyl sites for hydroxylation is 1. The number of nitrogen functional groups attached to an aromatic ring is 1. The molecule has 1 aromatic carbocycles. The van der Waals surface area contributed by atoms with Crippen LogP contribution in [-0.2, 0) is 10.0 Å². The van der Waals surface area contributed by atoms with Gasteiger partial charge in [-0.2, -0.15) is 0 Å². The van der Waals surface area contributed by atoms with Crippen molar-refractivity contribution in [2.45, 2.75) is 57.9 Å². The smallest absolute Gasteiger partial charge is 0.241 e. The number of hydrogen-bond acceptors (Lipinski definition) is 3. The van der Waals surface area contributed by atoms with Crippen molar-refractivity contribution in [1.82, 2.24) is 4.72 Å². The van der Waals surface area contributed by atoms with Gasteiger partial charge in [-0.3, -0.25) is 0 Å². The fourth-order valence-electron chi connectivity index (χ4n) is 3.07. The molecule has 3 unspecified atom stereocenters. The second-order valence-corrected chi connectivity index (χ2v) is 8.23. The van der Waals surface area contributed by atoms with Crippen LogP contribution in [0.15, 0.2) is 17.0 Å². The molecule has 5 heteroatoms. The topological polar surface area (TPSA) is 72.2 Å². The summed E-state index contributed by atoms with van der Waals surface area (Å²) in [5.74, 6) is 1.22. The molecule has 1 saturated carbocycles. The molecule has 0 aliphatic heterocycles. The third-order valence-corrected chi connectivity index (χ3v) is 6.50. The summed E-state index contributed by atoms with van der Waals surface area (Å²) in [5, 5.41) is 0. The van der Waals surface area contributed by atoms with Crippen LogP contribution in [0.3, 0.4) is 0 Å². The Kier molecular flexibility index (Phi) is 4.63. The average Bonchev–Trinajstić information content (AvgIpc) is 2.37. The van der Waals surface area contributed by atoms with Gasteiger partial charge < -0.3 is 5.73 Å². The zero-order chi connectivity index (χ0) is 15.8. The van der Waals surface area contributed by atoms with Gasteiger partial charge in [0.25, 0.3) is 0 Å². The van der Waals surface area contributed by atoms with Crippen LogP contribution in [0.25, 0.3) is 0 Å². The number of nitrogens with one attached hydrogen (secondary N) is 1. The number of anilines is 1. The Balaban J connectivity index is 2.23. The van der Waals surface area contributed by atoms with E-state index in [1.54, 1.807) is 12.1 Å². The SMILES string of the molecule is Cc1cc(N)cc(S(=O)(=O)NC2CCC(C)C(C)C2)c1C. The van der Waals surface area contributed by atoms with Gasteiger partial charge in [-0.15, -0.1) is 0 Å². The van der Waals surface area contributed by atoms with E-state index in [-0.39, 0.29) is 6.04 Å². The molecule has 1 aromatic rings. The summed E-state index contributed by atoms with van der Waals surface area (Å²) in [6.45, 7) is 8.14. The number of benzene rings is 1. The maximum absolute atomic E-state index is 12.6. The lowest BCUT2D eigenvalue weighted by molar-refractivity contribution is 0.242. The highest BCUT2D eigenvalue weighted by Gasteiger charge is 2.29. The van der Waals surface area contributed by atoms with E-state index in [4.69, 9.17) is 5.73 Å². The monoisotopic (exact) mass is 310 g/mol. The van der Waals surface area contributed by atoms with Gasteiger partial charge in [0.2, 0.25) is 10.0 Å². The molecule has 0 spiro atoms. The standard InChI is InChI=1S/C16H26N2O2S/c1-10-5-6-15(8-11(10)2)18-21(19,20)16-9-14(17)7-12(3)13(16)4/h7,9-11,15,18H,5-6,8,17H2,1-4H3. The molecule has 118 valence electrons. The van der Waals surface area contributed by atoms with Crippen LogP contribution in [-0.4, -0.2) is 14.5 Å². The van der Waals surface area contributed by atoms with E-state index in [0.717, 1.165) is 30.4 Å². The first kappa shape index (κ1) is 16.3. The van der Waals surface area contributed by atoms with Crippen LogP contribution in [0.4, 0.5) is 5.69 Å². The van der Waals surface area contributed by atoms with E-state index in [0.29, 0.717) is 22.4 Å². The summed E-state index contributed by atoms with van der Waals surface area (Å²) in [7, 11) is -3.51. The lowest BCUT2D eigenvalue weighted by Crippen LogP contribution is -2.40. The van der Waals surface area contributed by atoms with Crippen LogP contribution >= 0.6 is 0 Å². The summed E-state index contributed by atoms with van der Waals surface area (Å²) in [4.78, 5) is 0.311. The minimum absolute atomic E-state index is 0.0299. The highest BCUT2D eigenvalue weighted by molar-refractivity contribution is 7.89. The normalized spacial score (nSPS) is 26.8. The Labute approximate surface area is 128 Å². The first-order valence-corrected chi connectivity index (χ1v) is 9.08. The van der Waals surface area contributed by atoms with Gasteiger partial charge in [0.05, 0.1) is 4.90 Å². The Morgan fingerprint density at radius 3 is 2.43 bits per heavy atom. The minimum Gasteiger partial charge on any atom is -0.399 e. The Hall–Kier alpha value is -1.07. The van der Waals surface area contributed by atoms with Crippen molar-refractivity contribution in [2.24, 2.45) is 11.8 Å². The fraction of sp³-hybridized carbons (Fsp3) is 0.625. The predicted octanol–water partition coefficient (Wildman–Crippen LogP) is 2.99. The molecular formula is C16H26N2O2S. The highest BCUT2D eigenvalue weighted by atomic mass is 32.2. The Morgan fingerprint density at radius 2 is 1.81 bits per heavy atom. The van der Waals surface area contributed by atoms with Gasteiger partial charge in [-0.1, -0.05) is 13.8 Å². The van der Waals surface area contributed by atoms with E-state index in [1.807, 2.05) is 13.8 Å². The summed E-state index contributed by atoms with van der Waals surface area (Å²) >= 11 is 0. The first-order valence-electron chi connectivity index (χ1n) is 7.59. The third-order valence-electron chi connectivity index (χ3n) is 4.85. The lowest BCUT2D eigenvalue weighted by Gasteiger charge is -2.32. The third kappa shape index (κ3) is 3.58. The maximum Gasteiger partial charge on any atom is 0.241 e. The van der Waals surface area contributed by atoms with Gasteiger partial charge in [-0.05, 0) is 68.2 Å². The zero-order valence-electron chi connectivity index (χ0n) is 13.3. The van der Waals surface area contributed by atoms with Gasteiger partial charge in [0, 0.05) is 11.7 Å². The van der Waals surface area contributed by atoms with E-state index in [1.165, 1.54) is 0 Å². The van der Waals surface area contributed by atoms with Crippen LogP contribution in [0, 0.1) is 25.7 Å². The summed E-state index contributed by atoms with van der Waals surface area (Å²) < 4.78 is 28.2. The molecule has 0 bridgehead atoms. The first-order chi connectivity index (χ1) is 9.70. The maximum atomic E-state index is 12.6. The van der Waals surface area contributed by atoms with Crippen molar-refractivity contribution < 1.29 is 8.42 Å². The van der Waals surface area contributed by atoms with Crippen molar-refractivity contribution in [1.29, 1.82) is 0 Å². The molecule has 1 aliphatic carbocycles. The molecular weight excluding hydrogens is 284 g/mol. The van der Waals surface area contributed by atoms with Crippen molar-refractivity contribution in [2.75, 3.05) is 5.73 Å². The minimum atomic E-state index is -3.51. The Morgan fingerprint density at radius 1 is 1.14 bits per heavy atom. The highest BCUT2D eigenvalue weighted by Crippen LogP contribution is 2.31. The molecule has 3 N–H and O–H groups in total. The number of hydrogen-bond donors (Lipinski definition) is 2. The predicted molar refractivity (Wildman–Crippen MR) is 86.6 cm³/mol. The van der Waals surface area contributed by atoms with Crippen molar-refractivity contribution in [3.8, 4) is 0 Å². The largest absolute Gasteiger partial charge is 0.399 e. The average molecular weight is 310 g/mol. The molecule has 2 rings (SSSR count). The number of sulfonamides is 1. The van der Waals surface area contributed by atoms with Crippen molar-refractivity contribution in [3.05, 3.63) is 23.3 Å². The number of nitrogens with two attached hydrogens (primary N) is 1. The molecule has 3 atom stereocenters. The molecule has 4 nitrogen and oxygen atoms in total. The van der Waals surface area contributed by atoms with Gasteiger partial charge >= 0.3 is 0 Å². The molecule has 0 amide bonds. The van der Waals surface area contributed by atoms with E-state index < -0.39 is 10.0 Å². The molecule has 0 radical (unpaired) electrons.